The fraction of sp³-hybridized carbons (Fsp3) is 0.533. The summed E-state index contributed by atoms with van der Waals surface area (Å²) in [6.07, 6.45) is 4.36. The van der Waals surface area contributed by atoms with Gasteiger partial charge in [-0.2, -0.15) is 0 Å². The number of halogens is 1. The number of carbonyl (C=O) groups excluding carboxylic acids is 1. The number of carbonyl (C=O) groups is 1. The van der Waals surface area contributed by atoms with E-state index < -0.39 is 5.82 Å². The summed E-state index contributed by atoms with van der Waals surface area (Å²) in [6.45, 7) is 2.24. The first-order valence-corrected chi connectivity index (χ1v) is 6.81. The van der Waals surface area contributed by atoms with Gasteiger partial charge in [0.25, 0.3) is 5.91 Å². The van der Waals surface area contributed by atoms with Gasteiger partial charge in [0.05, 0.1) is 5.69 Å². The predicted octanol–water partition coefficient (Wildman–Crippen LogP) is 3.06. The Morgan fingerprint density at radius 3 is 2.53 bits per heavy atom. The van der Waals surface area contributed by atoms with E-state index in [4.69, 9.17) is 5.73 Å². The highest BCUT2D eigenvalue weighted by Gasteiger charge is 2.25. The van der Waals surface area contributed by atoms with Crippen molar-refractivity contribution in [2.24, 2.45) is 5.92 Å². The molecule has 0 radical (unpaired) electrons. The largest absolute Gasteiger partial charge is 0.396 e. The van der Waals surface area contributed by atoms with Crippen molar-refractivity contribution in [3.05, 3.63) is 29.6 Å². The third kappa shape index (κ3) is 3.06. The molecule has 0 atom stereocenters. The number of nitrogens with zero attached hydrogens (tertiary/aromatic N) is 1. The third-order valence-corrected chi connectivity index (χ3v) is 4.10. The zero-order valence-corrected chi connectivity index (χ0v) is 11.5. The van der Waals surface area contributed by atoms with Crippen LogP contribution in [0.15, 0.2) is 18.2 Å². The van der Waals surface area contributed by atoms with Gasteiger partial charge in [-0.3, -0.25) is 4.79 Å². The quantitative estimate of drug-likeness (QED) is 0.834. The number of hydrogen-bond donors (Lipinski definition) is 1. The molecular weight excluding hydrogens is 243 g/mol. The van der Waals surface area contributed by atoms with Gasteiger partial charge in [0.15, 0.2) is 0 Å². The highest BCUT2D eigenvalue weighted by atomic mass is 19.1. The van der Waals surface area contributed by atoms with Crippen molar-refractivity contribution >= 4 is 11.6 Å². The summed E-state index contributed by atoms with van der Waals surface area (Å²) < 4.78 is 13.4. The van der Waals surface area contributed by atoms with Gasteiger partial charge in [-0.15, -0.1) is 0 Å². The fourth-order valence-electron chi connectivity index (χ4n) is 2.66. The molecule has 1 saturated carbocycles. The molecule has 1 aromatic rings. The Morgan fingerprint density at radius 2 is 1.95 bits per heavy atom. The molecule has 0 saturated heterocycles. The minimum Gasteiger partial charge on any atom is -0.396 e. The first kappa shape index (κ1) is 13.8. The van der Waals surface area contributed by atoms with Crippen LogP contribution in [0.25, 0.3) is 0 Å². The van der Waals surface area contributed by atoms with Crippen LogP contribution >= 0.6 is 0 Å². The predicted molar refractivity (Wildman–Crippen MR) is 74.3 cm³/mol. The van der Waals surface area contributed by atoms with E-state index in [1.54, 1.807) is 18.0 Å². The standard InChI is InChI=1S/C15H21FN2O/c1-10-3-6-12(7-4-10)18(2)15(19)11-5-8-14(17)13(16)9-11/h5,8-10,12H,3-4,6-7,17H2,1-2H3. The Kier molecular flexibility index (Phi) is 4.08. The number of nitrogen functional groups attached to an aromatic ring is 1. The first-order chi connectivity index (χ1) is 8.99. The van der Waals surface area contributed by atoms with E-state index in [2.05, 4.69) is 6.92 Å². The molecule has 104 valence electrons. The van der Waals surface area contributed by atoms with Gasteiger partial charge in [-0.25, -0.2) is 4.39 Å². The fourth-order valence-corrected chi connectivity index (χ4v) is 2.66. The Balaban J connectivity index is 2.08. The second kappa shape index (κ2) is 5.59. The van der Waals surface area contributed by atoms with Gasteiger partial charge in [-0.05, 0) is 49.8 Å². The van der Waals surface area contributed by atoms with Gasteiger partial charge >= 0.3 is 0 Å². The van der Waals surface area contributed by atoms with E-state index in [0.717, 1.165) is 31.6 Å². The van der Waals surface area contributed by atoms with Crippen molar-refractivity contribution in [3.63, 3.8) is 0 Å². The van der Waals surface area contributed by atoms with Crippen molar-refractivity contribution in [2.75, 3.05) is 12.8 Å². The van der Waals surface area contributed by atoms with Crippen molar-refractivity contribution in [3.8, 4) is 0 Å². The number of benzene rings is 1. The number of rotatable bonds is 2. The molecule has 1 aliphatic carbocycles. The van der Waals surface area contributed by atoms with E-state index in [9.17, 15) is 9.18 Å². The number of amides is 1. The monoisotopic (exact) mass is 264 g/mol. The molecule has 4 heteroatoms. The number of hydrogen-bond acceptors (Lipinski definition) is 2. The second-order valence-electron chi connectivity index (χ2n) is 5.57. The topological polar surface area (TPSA) is 46.3 Å². The summed E-state index contributed by atoms with van der Waals surface area (Å²) in [5.74, 6) is 0.0867. The van der Waals surface area contributed by atoms with Crippen LogP contribution in [-0.4, -0.2) is 23.9 Å². The molecule has 1 aliphatic rings. The summed E-state index contributed by atoms with van der Waals surface area (Å²) in [4.78, 5) is 14.1. The Labute approximate surface area is 113 Å². The Morgan fingerprint density at radius 1 is 1.32 bits per heavy atom. The summed E-state index contributed by atoms with van der Waals surface area (Å²) in [6, 6.07) is 4.52. The molecule has 0 aromatic heterocycles. The Bertz CT molecular complexity index is 467. The average molecular weight is 264 g/mol. The summed E-state index contributed by atoms with van der Waals surface area (Å²) >= 11 is 0. The maximum Gasteiger partial charge on any atom is 0.253 e. The molecule has 0 heterocycles. The van der Waals surface area contributed by atoms with E-state index in [0.29, 0.717) is 5.56 Å². The molecule has 1 fully saturated rings. The molecular formula is C15H21FN2O. The molecule has 1 amide bonds. The van der Waals surface area contributed by atoms with Crippen LogP contribution < -0.4 is 5.73 Å². The molecule has 0 aliphatic heterocycles. The molecule has 19 heavy (non-hydrogen) atoms. The molecule has 0 bridgehead atoms. The van der Waals surface area contributed by atoms with Crippen LogP contribution in [0.3, 0.4) is 0 Å². The normalized spacial score (nSPS) is 23.1. The minimum absolute atomic E-state index is 0.0747. The van der Waals surface area contributed by atoms with E-state index >= 15 is 0 Å². The lowest BCUT2D eigenvalue weighted by Crippen LogP contribution is -2.39. The van der Waals surface area contributed by atoms with Crippen molar-refractivity contribution in [1.82, 2.24) is 4.90 Å². The molecule has 0 unspecified atom stereocenters. The van der Waals surface area contributed by atoms with Crippen molar-refractivity contribution < 1.29 is 9.18 Å². The van der Waals surface area contributed by atoms with Crippen molar-refractivity contribution in [1.29, 1.82) is 0 Å². The molecule has 3 nitrogen and oxygen atoms in total. The zero-order valence-electron chi connectivity index (χ0n) is 11.5. The molecule has 2 N–H and O–H groups in total. The Hall–Kier alpha value is -1.58. The highest BCUT2D eigenvalue weighted by molar-refractivity contribution is 5.94. The average Bonchev–Trinajstić information content (AvgIpc) is 2.41. The molecule has 2 rings (SSSR count). The van der Waals surface area contributed by atoms with Gasteiger partial charge in [0, 0.05) is 18.7 Å². The van der Waals surface area contributed by atoms with E-state index in [1.807, 2.05) is 0 Å². The highest BCUT2D eigenvalue weighted by Crippen LogP contribution is 2.27. The van der Waals surface area contributed by atoms with Crippen LogP contribution in [-0.2, 0) is 0 Å². The van der Waals surface area contributed by atoms with Gasteiger partial charge in [0.2, 0.25) is 0 Å². The smallest absolute Gasteiger partial charge is 0.253 e. The SMILES string of the molecule is CC1CCC(N(C)C(=O)c2ccc(N)c(F)c2)CC1. The maximum absolute atomic E-state index is 13.4. The van der Waals surface area contributed by atoms with Crippen molar-refractivity contribution in [2.45, 2.75) is 38.6 Å². The lowest BCUT2D eigenvalue weighted by Gasteiger charge is -2.33. The second-order valence-corrected chi connectivity index (χ2v) is 5.57. The van der Waals surface area contributed by atoms with Crippen LogP contribution in [0.2, 0.25) is 0 Å². The minimum atomic E-state index is -0.531. The molecule has 1 aromatic carbocycles. The lowest BCUT2D eigenvalue weighted by atomic mass is 9.86. The number of anilines is 1. The summed E-state index contributed by atoms with van der Waals surface area (Å²) in [7, 11) is 1.80. The third-order valence-electron chi connectivity index (χ3n) is 4.10. The lowest BCUT2D eigenvalue weighted by molar-refractivity contribution is 0.0679. The van der Waals surface area contributed by atoms with Gasteiger partial charge < -0.3 is 10.6 Å². The number of nitrogens with two attached hydrogens (primary N) is 1. The van der Waals surface area contributed by atoms with Crippen LogP contribution in [0.5, 0.6) is 0 Å². The van der Waals surface area contributed by atoms with Gasteiger partial charge in [0.1, 0.15) is 5.82 Å². The van der Waals surface area contributed by atoms with E-state index in [1.165, 1.54) is 12.1 Å². The summed E-state index contributed by atoms with van der Waals surface area (Å²) in [5.41, 5.74) is 5.87. The zero-order chi connectivity index (χ0) is 14.0. The van der Waals surface area contributed by atoms with Gasteiger partial charge in [-0.1, -0.05) is 6.92 Å². The maximum atomic E-state index is 13.4. The van der Waals surface area contributed by atoms with Crippen LogP contribution in [0.1, 0.15) is 43.0 Å². The van der Waals surface area contributed by atoms with Crippen LogP contribution in [0, 0.1) is 11.7 Å². The van der Waals surface area contributed by atoms with E-state index in [-0.39, 0.29) is 17.6 Å². The molecule has 0 spiro atoms. The summed E-state index contributed by atoms with van der Waals surface area (Å²) in [5, 5.41) is 0. The first-order valence-electron chi connectivity index (χ1n) is 6.81. The van der Waals surface area contributed by atoms with Crippen LogP contribution in [0.4, 0.5) is 10.1 Å².